The Bertz CT molecular complexity index is 1020. The van der Waals surface area contributed by atoms with E-state index in [2.05, 4.69) is 21.6 Å². The van der Waals surface area contributed by atoms with Crippen LogP contribution in [0.25, 0.3) is 0 Å². The summed E-state index contributed by atoms with van der Waals surface area (Å²) in [6, 6.07) is -1.10. The molecule has 2 atom stereocenters. The molecule has 1 heterocycles. The number of halogens is 1. The Labute approximate surface area is 170 Å². The van der Waals surface area contributed by atoms with Crippen molar-refractivity contribution in [3.05, 3.63) is 33.4 Å². The first-order valence-electron chi connectivity index (χ1n) is 9.69. The minimum atomic E-state index is -3.93. The number of fused-ring (bicyclic) bond motifs is 2. The van der Waals surface area contributed by atoms with E-state index in [1.165, 1.54) is 0 Å². The third-order valence-corrected chi connectivity index (χ3v) is 6.40. The zero-order valence-electron chi connectivity index (χ0n) is 16.9. The molecule has 0 fully saturated rings. The maximum atomic E-state index is 14.1. The Balaban J connectivity index is 1.93. The van der Waals surface area contributed by atoms with Gasteiger partial charge in [-0.3, -0.25) is 9.98 Å². The smallest absolute Gasteiger partial charge is 0.354 e. The number of amides is 2. The summed E-state index contributed by atoms with van der Waals surface area (Å²) < 4.78 is 30.1. The topological polar surface area (TPSA) is 136 Å². The van der Waals surface area contributed by atoms with E-state index in [0.717, 1.165) is 60.8 Å². The summed E-state index contributed by atoms with van der Waals surface area (Å²) in [7, 11) is -3.93. The standard InChI is InChI=1S/C19H27FN6O2S/c1-10(2)23-9-14(20)18(21)29(22,28)26-19(27)25-17-12-5-4-6-15(12)24-16-11(3)7-8-13(16)17/h9-11H,4-8,21H2,1-3H3,(H3,22,24,25,26,27,28)/b18-14-,23-9?/t11-,29?/m1/s1. The Morgan fingerprint density at radius 3 is 2.76 bits per heavy atom. The van der Waals surface area contributed by atoms with Crippen LogP contribution < -0.4 is 16.2 Å². The van der Waals surface area contributed by atoms with E-state index in [4.69, 9.17) is 15.9 Å². The molecule has 5 N–H and O–H groups in total. The highest BCUT2D eigenvalue weighted by Gasteiger charge is 2.30. The molecule has 1 aromatic heterocycles. The fraction of sp³-hybridized carbons (Fsp3) is 0.526. The lowest BCUT2D eigenvalue weighted by molar-refractivity contribution is 0.260. The van der Waals surface area contributed by atoms with Gasteiger partial charge in [-0.25, -0.2) is 18.5 Å². The predicted molar refractivity (Wildman–Crippen MR) is 113 cm³/mol. The molecular formula is C19H27FN6O2S. The second-order valence-corrected chi connectivity index (χ2v) is 9.50. The Hall–Kier alpha value is -2.33. The first kappa shape index (κ1) is 21.4. The summed E-state index contributed by atoms with van der Waals surface area (Å²) in [4.78, 5) is 21.1. The molecule has 0 aromatic carbocycles. The van der Waals surface area contributed by atoms with Crippen molar-refractivity contribution < 1.29 is 13.4 Å². The Morgan fingerprint density at radius 2 is 2.07 bits per heavy atom. The molecule has 1 unspecified atom stereocenters. The maximum Gasteiger partial charge on any atom is 0.354 e. The number of aryl methyl sites for hydroxylation is 1. The number of hydrogen-bond acceptors (Lipinski definition) is 5. The van der Waals surface area contributed by atoms with Gasteiger partial charge in [-0.2, -0.15) is 0 Å². The highest BCUT2D eigenvalue weighted by molar-refractivity contribution is 7.95. The van der Waals surface area contributed by atoms with Crippen molar-refractivity contribution in [2.24, 2.45) is 20.2 Å². The average Bonchev–Trinajstić information content (AvgIpc) is 3.25. The zero-order valence-corrected chi connectivity index (χ0v) is 17.7. The average molecular weight is 423 g/mol. The van der Waals surface area contributed by atoms with Crippen molar-refractivity contribution in [3.8, 4) is 0 Å². The molecule has 1 aromatic rings. The van der Waals surface area contributed by atoms with Crippen LogP contribution in [-0.4, -0.2) is 27.5 Å². The van der Waals surface area contributed by atoms with Gasteiger partial charge in [-0.15, -0.1) is 4.36 Å². The second-order valence-electron chi connectivity index (χ2n) is 7.74. The zero-order chi connectivity index (χ0) is 21.3. The molecule has 8 nitrogen and oxygen atoms in total. The van der Waals surface area contributed by atoms with Crippen molar-refractivity contribution >= 4 is 27.8 Å². The molecule has 0 saturated heterocycles. The molecule has 0 aliphatic heterocycles. The number of carbonyl (C=O) groups is 1. The molecule has 29 heavy (non-hydrogen) atoms. The fourth-order valence-corrected chi connectivity index (χ4v) is 4.40. The summed E-state index contributed by atoms with van der Waals surface area (Å²) in [5.74, 6) is -0.752. The number of pyridine rings is 1. The van der Waals surface area contributed by atoms with Crippen molar-refractivity contribution in [1.29, 1.82) is 0 Å². The number of carbonyl (C=O) groups excluding carboxylic acids is 1. The molecule has 2 aliphatic rings. The fourth-order valence-electron chi connectivity index (χ4n) is 3.67. The van der Waals surface area contributed by atoms with Gasteiger partial charge in [0.15, 0.2) is 20.8 Å². The van der Waals surface area contributed by atoms with E-state index in [9.17, 15) is 13.4 Å². The van der Waals surface area contributed by atoms with E-state index >= 15 is 0 Å². The van der Waals surface area contributed by atoms with Gasteiger partial charge in [0.05, 0.1) is 11.9 Å². The van der Waals surface area contributed by atoms with Crippen LogP contribution in [0, 0.1) is 0 Å². The molecule has 2 aliphatic carbocycles. The molecule has 0 spiro atoms. The van der Waals surface area contributed by atoms with Gasteiger partial charge in [0.25, 0.3) is 0 Å². The van der Waals surface area contributed by atoms with E-state index in [1.54, 1.807) is 13.8 Å². The SMILES string of the molecule is CC(C)N=C/C(F)=C(\N)S(N)(=O)=NC(=O)Nc1c2c(nc3c1CC[C@H]3C)CCC2. The number of nitrogens with two attached hydrogens (primary N) is 2. The molecule has 0 radical (unpaired) electrons. The minimum Gasteiger partial charge on any atom is -0.387 e. The number of nitrogens with zero attached hydrogens (tertiary/aromatic N) is 3. The van der Waals surface area contributed by atoms with Crippen LogP contribution in [-0.2, 0) is 29.2 Å². The van der Waals surface area contributed by atoms with Gasteiger partial charge in [-0.05, 0) is 63.0 Å². The minimum absolute atomic E-state index is 0.180. The lowest BCUT2D eigenvalue weighted by Crippen LogP contribution is -2.25. The molecule has 0 bridgehead atoms. The molecule has 0 saturated carbocycles. The summed E-state index contributed by atoms with van der Waals surface area (Å²) in [6.45, 7) is 5.59. The number of aromatic nitrogens is 1. The number of rotatable bonds is 4. The summed E-state index contributed by atoms with van der Waals surface area (Å²) in [6.07, 6.45) is 5.22. The van der Waals surface area contributed by atoms with Crippen LogP contribution in [0.3, 0.4) is 0 Å². The van der Waals surface area contributed by atoms with Crippen LogP contribution in [0.4, 0.5) is 14.9 Å². The molecular weight excluding hydrogens is 395 g/mol. The lowest BCUT2D eigenvalue weighted by atomic mass is 10.0. The van der Waals surface area contributed by atoms with Crippen LogP contribution in [0.5, 0.6) is 0 Å². The van der Waals surface area contributed by atoms with E-state index in [-0.39, 0.29) is 6.04 Å². The van der Waals surface area contributed by atoms with Gasteiger partial charge in [0.2, 0.25) is 0 Å². The van der Waals surface area contributed by atoms with Gasteiger partial charge < -0.3 is 11.1 Å². The third-order valence-electron chi connectivity index (χ3n) is 5.14. The maximum absolute atomic E-state index is 14.1. The summed E-state index contributed by atoms with van der Waals surface area (Å²) >= 11 is 0. The monoisotopic (exact) mass is 422 g/mol. The molecule has 3 rings (SSSR count). The molecule has 10 heteroatoms. The van der Waals surface area contributed by atoms with Gasteiger partial charge >= 0.3 is 6.03 Å². The molecule has 158 valence electrons. The first-order valence-corrected chi connectivity index (χ1v) is 11.3. The summed E-state index contributed by atoms with van der Waals surface area (Å²) in [5.41, 5.74) is 10.2. The van der Waals surface area contributed by atoms with Crippen molar-refractivity contribution in [2.75, 3.05) is 5.32 Å². The molecule has 2 amide bonds. The number of allylic oxidation sites excluding steroid dienone is 1. The number of nitrogens with one attached hydrogen (secondary N) is 1. The summed E-state index contributed by atoms with van der Waals surface area (Å²) in [5, 5.41) is 7.49. The number of anilines is 1. The number of hydrogen-bond donors (Lipinski definition) is 3. The lowest BCUT2D eigenvalue weighted by Gasteiger charge is -2.15. The van der Waals surface area contributed by atoms with Crippen LogP contribution in [0.1, 0.15) is 62.0 Å². The highest BCUT2D eigenvalue weighted by Crippen LogP contribution is 2.41. The van der Waals surface area contributed by atoms with Crippen molar-refractivity contribution in [1.82, 2.24) is 4.98 Å². The Kier molecular flexibility index (Phi) is 6.04. The number of aliphatic imine (C=N–C) groups is 1. The normalized spacial score (nSPS) is 21.0. The Morgan fingerprint density at radius 1 is 1.34 bits per heavy atom. The largest absolute Gasteiger partial charge is 0.387 e. The predicted octanol–water partition coefficient (Wildman–Crippen LogP) is 3.07. The second kappa shape index (κ2) is 8.19. The quantitative estimate of drug-likeness (QED) is 0.642. The van der Waals surface area contributed by atoms with E-state index < -0.39 is 26.8 Å². The third kappa shape index (κ3) is 4.48. The van der Waals surface area contributed by atoms with Crippen LogP contribution >= 0.6 is 0 Å². The van der Waals surface area contributed by atoms with Crippen molar-refractivity contribution in [2.45, 2.75) is 64.8 Å². The van der Waals surface area contributed by atoms with Gasteiger partial charge in [0, 0.05) is 17.4 Å². The first-order chi connectivity index (χ1) is 13.6. The van der Waals surface area contributed by atoms with Gasteiger partial charge in [0.1, 0.15) is 0 Å². The van der Waals surface area contributed by atoms with Crippen molar-refractivity contribution in [3.63, 3.8) is 0 Å². The van der Waals surface area contributed by atoms with Crippen LogP contribution in [0.15, 0.2) is 20.2 Å². The number of urea groups is 1. The van der Waals surface area contributed by atoms with Gasteiger partial charge in [-0.1, -0.05) is 6.92 Å². The van der Waals surface area contributed by atoms with E-state index in [1.807, 2.05) is 0 Å². The van der Waals surface area contributed by atoms with E-state index in [0.29, 0.717) is 11.6 Å². The highest BCUT2D eigenvalue weighted by atomic mass is 32.2. The van der Waals surface area contributed by atoms with Crippen LogP contribution in [0.2, 0.25) is 0 Å².